The van der Waals surface area contributed by atoms with Gasteiger partial charge in [0.1, 0.15) is 17.7 Å². The summed E-state index contributed by atoms with van der Waals surface area (Å²) < 4.78 is 11.4. The van der Waals surface area contributed by atoms with Crippen LogP contribution in [0.1, 0.15) is 32.1 Å². The van der Waals surface area contributed by atoms with Gasteiger partial charge in [0.05, 0.1) is 11.6 Å². The van der Waals surface area contributed by atoms with Crippen LogP contribution in [0.5, 0.6) is 17.4 Å². The van der Waals surface area contributed by atoms with E-state index in [9.17, 15) is 0 Å². The van der Waals surface area contributed by atoms with E-state index in [0.29, 0.717) is 34.9 Å². The predicted molar refractivity (Wildman–Crippen MR) is 80.0 cm³/mol. The summed E-state index contributed by atoms with van der Waals surface area (Å²) in [5.74, 6) is 2.33. The zero-order chi connectivity index (χ0) is 14.5. The van der Waals surface area contributed by atoms with Gasteiger partial charge in [-0.3, -0.25) is 0 Å². The highest BCUT2D eigenvalue weighted by Gasteiger charge is 2.15. The first-order valence-corrected chi connectivity index (χ1v) is 7.65. The van der Waals surface area contributed by atoms with E-state index in [4.69, 9.17) is 21.1 Å². The number of halogens is 1. The van der Waals surface area contributed by atoms with E-state index in [0.717, 1.165) is 0 Å². The number of ether oxygens (including phenoxy) is 2. The van der Waals surface area contributed by atoms with Crippen molar-refractivity contribution in [2.24, 2.45) is 5.92 Å². The summed E-state index contributed by atoms with van der Waals surface area (Å²) in [6.45, 7) is 0.715. The second-order valence-corrected chi connectivity index (χ2v) is 5.72. The molecule has 2 aromatic rings. The fourth-order valence-corrected chi connectivity index (χ4v) is 2.75. The maximum absolute atomic E-state index is 6.18. The zero-order valence-electron chi connectivity index (χ0n) is 11.7. The summed E-state index contributed by atoms with van der Waals surface area (Å²) in [5.41, 5.74) is 0. The summed E-state index contributed by atoms with van der Waals surface area (Å²) >= 11 is 6.18. The number of aromatic amines is 1. The molecule has 0 unspecified atom stereocenters. The molecule has 0 spiro atoms. The Morgan fingerprint density at radius 1 is 1.24 bits per heavy atom. The van der Waals surface area contributed by atoms with Gasteiger partial charge in [-0.1, -0.05) is 30.9 Å². The van der Waals surface area contributed by atoms with Crippen LogP contribution >= 0.6 is 11.6 Å². The summed E-state index contributed by atoms with van der Waals surface area (Å²) in [4.78, 5) is 0. The maximum Gasteiger partial charge on any atom is 0.258 e. The van der Waals surface area contributed by atoms with Gasteiger partial charge in [-0.25, -0.2) is 0 Å². The van der Waals surface area contributed by atoms with E-state index in [1.807, 2.05) is 0 Å². The highest BCUT2D eigenvalue weighted by molar-refractivity contribution is 6.32. The molecule has 0 radical (unpaired) electrons. The largest absolute Gasteiger partial charge is 0.492 e. The zero-order valence-corrected chi connectivity index (χ0v) is 12.5. The van der Waals surface area contributed by atoms with E-state index in [1.165, 1.54) is 38.3 Å². The lowest BCUT2D eigenvalue weighted by Crippen LogP contribution is -2.15. The van der Waals surface area contributed by atoms with Crippen molar-refractivity contribution in [2.75, 3.05) is 6.61 Å². The number of hydrogen-bond acceptors (Lipinski definition) is 4. The summed E-state index contributed by atoms with van der Waals surface area (Å²) in [7, 11) is 0. The van der Waals surface area contributed by atoms with Gasteiger partial charge in [0.15, 0.2) is 0 Å². The number of benzene rings is 1. The Hall–Kier alpha value is -1.75. The fraction of sp³-hybridized carbons (Fsp3) is 0.467. The molecule has 1 aliphatic carbocycles. The summed E-state index contributed by atoms with van der Waals surface area (Å²) in [6.07, 6.45) is 7.95. The van der Waals surface area contributed by atoms with E-state index in [-0.39, 0.29) is 0 Å². The molecular formula is C15H18ClN3O2. The van der Waals surface area contributed by atoms with Crippen LogP contribution in [0, 0.1) is 5.92 Å². The van der Waals surface area contributed by atoms with Crippen molar-refractivity contribution in [1.29, 1.82) is 0 Å². The number of H-pyrrole nitrogens is 1. The van der Waals surface area contributed by atoms with Crippen LogP contribution in [0.4, 0.5) is 0 Å². The molecule has 112 valence electrons. The van der Waals surface area contributed by atoms with Gasteiger partial charge in [0, 0.05) is 6.07 Å². The third-order valence-corrected chi connectivity index (χ3v) is 4.03. The fourth-order valence-electron chi connectivity index (χ4n) is 2.58. The third kappa shape index (κ3) is 3.88. The average Bonchev–Trinajstić information content (AvgIpc) is 3.02. The Labute approximate surface area is 128 Å². The predicted octanol–water partition coefficient (Wildman–Crippen LogP) is 4.21. The van der Waals surface area contributed by atoms with E-state index < -0.39 is 0 Å². The highest BCUT2D eigenvalue weighted by atomic mass is 35.5. The summed E-state index contributed by atoms with van der Waals surface area (Å²) in [5, 5.41) is 10.6. The van der Waals surface area contributed by atoms with Gasteiger partial charge < -0.3 is 9.47 Å². The molecule has 21 heavy (non-hydrogen) atoms. The van der Waals surface area contributed by atoms with Gasteiger partial charge in [-0.05, 0) is 30.9 Å². The first kappa shape index (κ1) is 14.2. The van der Waals surface area contributed by atoms with Gasteiger partial charge in [0.2, 0.25) is 0 Å². The molecule has 3 rings (SSSR count). The minimum atomic E-state index is 0.413. The molecule has 1 heterocycles. The van der Waals surface area contributed by atoms with Crippen molar-refractivity contribution >= 4 is 11.6 Å². The first-order valence-electron chi connectivity index (χ1n) is 7.27. The topological polar surface area (TPSA) is 60.0 Å². The Bertz CT molecular complexity index is 568. The molecule has 1 aliphatic rings. The van der Waals surface area contributed by atoms with Gasteiger partial charge in [-0.15, -0.1) is 5.10 Å². The number of aromatic nitrogens is 3. The minimum Gasteiger partial charge on any atom is -0.492 e. The second kappa shape index (κ2) is 6.80. The van der Waals surface area contributed by atoms with Crippen LogP contribution in [-0.4, -0.2) is 22.0 Å². The van der Waals surface area contributed by atoms with E-state index in [2.05, 4.69) is 15.4 Å². The molecule has 0 atom stereocenters. The molecule has 6 heteroatoms. The van der Waals surface area contributed by atoms with Crippen LogP contribution in [0.25, 0.3) is 0 Å². The Kier molecular flexibility index (Phi) is 4.60. The van der Waals surface area contributed by atoms with Gasteiger partial charge >= 0.3 is 0 Å². The van der Waals surface area contributed by atoms with E-state index in [1.54, 1.807) is 18.2 Å². The smallest absolute Gasteiger partial charge is 0.258 e. The summed E-state index contributed by atoms with van der Waals surface area (Å²) in [6, 6.07) is 5.34. The van der Waals surface area contributed by atoms with Crippen molar-refractivity contribution in [2.45, 2.75) is 32.1 Å². The number of hydrogen-bond donors (Lipinski definition) is 1. The molecule has 1 saturated carbocycles. The Morgan fingerprint density at radius 3 is 2.86 bits per heavy atom. The lowest BCUT2D eigenvalue weighted by molar-refractivity contribution is 0.208. The molecule has 0 amide bonds. The van der Waals surface area contributed by atoms with Crippen molar-refractivity contribution in [1.82, 2.24) is 15.4 Å². The highest BCUT2D eigenvalue weighted by Crippen LogP contribution is 2.32. The lowest BCUT2D eigenvalue weighted by Gasteiger charge is -2.22. The number of nitrogens with zero attached hydrogens (tertiary/aromatic N) is 2. The van der Waals surface area contributed by atoms with Crippen LogP contribution in [-0.2, 0) is 0 Å². The standard InChI is InChI=1S/C15H18ClN3O2/c16-13-7-6-12(21-15-9-17-19-18-15)8-14(13)20-10-11-4-2-1-3-5-11/h6-9,11H,1-5,10H2,(H,17,18,19). The molecule has 1 aromatic heterocycles. The average molecular weight is 308 g/mol. The van der Waals surface area contributed by atoms with Crippen LogP contribution in [0.15, 0.2) is 24.4 Å². The number of rotatable bonds is 5. The quantitative estimate of drug-likeness (QED) is 0.899. The van der Waals surface area contributed by atoms with Crippen LogP contribution < -0.4 is 9.47 Å². The lowest BCUT2D eigenvalue weighted by atomic mass is 9.90. The van der Waals surface area contributed by atoms with Gasteiger partial charge in [-0.2, -0.15) is 10.3 Å². The van der Waals surface area contributed by atoms with Gasteiger partial charge in [0.25, 0.3) is 5.88 Å². The molecule has 1 aromatic carbocycles. The van der Waals surface area contributed by atoms with Crippen molar-refractivity contribution in [3.05, 3.63) is 29.4 Å². The molecule has 1 fully saturated rings. The number of nitrogens with one attached hydrogen (secondary N) is 1. The minimum absolute atomic E-state index is 0.413. The van der Waals surface area contributed by atoms with Crippen molar-refractivity contribution in [3.63, 3.8) is 0 Å². The van der Waals surface area contributed by atoms with Crippen molar-refractivity contribution in [3.8, 4) is 17.4 Å². The maximum atomic E-state index is 6.18. The monoisotopic (exact) mass is 307 g/mol. The Morgan fingerprint density at radius 2 is 2.10 bits per heavy atom. The third-order valence-electron chi connectivity index (χ3n) is 3.72. The molecule has 5 nitrogen and oxygen atoms in total. The van der Waals surface area contributed by atoms with Crippen LogP contribution in [0.3, 0.4) is 0 Å². The molecule has 0 saturated heterocycles. The normalized spacial score (nSPS) is 15.9. The van der Waals surface area contributed by atoms with E-state index >= 15 is 0 Å². The second-order valence-electron chi connectivity index (χ2n) is 5.32. The SMILES string of the molecule is Clc1ccc(Oc2cn[nH]n2)cc1OCC1CCCCC1. The molecular weight excluding hydrogens is 290 g/mol. The first-order chi connectivity index (χ1) is 10.3. The molecule has 0 aliphatic heterocycles. The van der Waals surface area contributed by atoms with Crippen molar-refractivity contribution < 1.29 is 9.47 Å². The Balaban J connectivity index is 1.63. The molecule has 1 N–H and O–H groups in total. The van der Waals surface area contributed by atoms with Crippen LogP contribution in [0.2, 0.25) is 5.02 Å². The molecule has 0 bridgehead atoms.